The summed E-state index contributed by atoms with van der Waals surface area (Å²) >= 11 is 0. The van der Waals surface area contributed by atoms with Gasteiger partial charge in [0.25, 0.3) is 17.4 Å². The molecular weight excluding hydrogens is 391 g/mol. The van der Waals surface area contributed by atoms with Crippen molar-refractivity contribution in [3.8, 4) is 0 Å². The molecule has 0 fully saturated rings. The van der Waals surface area contributed by atoms with Crippen molar-refractivity contribution in [2.75, 3.05) is 6.29 Å². The van der Waals surface area contributed by atoms with E-state index in [1.54, 1.807) is 0 Å². The Balaban J connectivity index is 1.86. The lowest BCUT2D eigenvalue weighted by molar-refractivity contribution is 0.0929. The van der Waals surface area contributed by atoms with Gasteiger partial charge in [-0.05, 0) is 11.1 Å². The van der Waals surface area contributed by atoms with E-state index in [9.17, 15) is 18.9 Å². The molecule has 0 aliphatic rings. The van der Waals surface area contributed by atoms with Crippen molar-refractivity contribution in [1.29, 1.82) is 0 Å². The molecule has 1 heterocycles. The number of hydrogen-bond acceptors (Lipinski definition) is 5. The molecule has 0 aliphatic heterocycles. The van der Waals surface area contributed by atoms with Gasteiger partial charge in [0.05, 0.1) is 12.3 Å². The zero-order chi connectivity index (χ0) is 20.6. The first-order chi connectivity index (χ1) is 14.1. The summed E-state index contributed by atoms with van der Waals surface area (Å²) in [5, 5.41) is 5.15. The number of carbonyl (C=O) groups is 2. The zero-order valence-electron chi connectivity index (χ0n) is 15.2. The molecule has 0 bridgehead atoms. The minimum absolute atomic E-state index is 0.111. The monoisotopic (exact) mass is 408 g/mol. The van der Waals surface area contributed by atoms with Crippen LogP contribution in [0.1, 0.15) is 38.1 Å². The van der Waals surface area contributed by atoms with Crippen LogP contribution in [0, 0.1) is 0 Å². The fourth-order valence-corrected chi connectivity index (χ4v) is 2.93. The molecule has 2 aromatic carbocycles. The molecule has 0 aliphatic carbocycles. The molecular formula is C20H17N4O4P. The highest BCUT2D eigenvalue weighted by Gasteiger charge is 2.20. The van der Waals surface area contributed by atoms with E-state index < -0.39 is 23.4 Å². The van der Waals surface area contributed by atoms with Crippen LogP contribution in [-0.4, -0.2) is 28.1 Å². The molecule has 2 amide bonds. The summed E-state index contributed by atoms with van der Waals surface area (Å²) < 4.78 is 10.4. The van der Waals surface area contributed by atoms with Crippen LogP contribution in [0.25, 0.3) is 0 Å². The van der Waals surface area contributed by atoms with Crippen molar-refractivity contribution in [1.82, 2.24) is 20.6 Å². The lowest BCUT2D eigenvalue weighted by atomic mass is 9.98. The van der Waals surface area contributed by atoms with Crippen LogP contribution < -0.4 is 16.2 Å². The number of hydrogen-bond donors (Lipinski definition) is 3. The zero-order valence-corrected chi connectivity index (χ0v) is 16.1. The Morgan fingerprint density at radius 1 is 0.966 bits per heavy atom. The third kappa shape index (κ3) is 5.00. The average Bonchev–Trinajstić information content (AvgIpc) is 2.76. The number of benzene rings is 2. The SMILES string of the molecule is O=PCNC(=O)c1ncc(C(=O)NC(c2ccccc2)c2ccccc2)c(=O)[nH]1. The second-order valence-electron chi connectivity index (χ2n) is 6.00. The highest BCUT2D eigenvalue weighted by molar-refractivity contribution is 7.23. The molecule has 0 unspecified atom stereocenters. The molecule has 29 heavy (non-hydrogen) atoms. The van der Waals surface area contributed by atoms with Crippen LogP contribution in [0.15, 0.2) is 71.7 Å². The number of rotatable bonds is 7. The van der Waals surface area contributed by atoms with E-state index in [1.165, 1.54) is 0 Å². The first-order valence-electron chi connectivity index (χ1n) is 8.67. The fraction of sp³-hybridized carbons (Fsp3) is 0.100. The van der Waals surface area contributed by atoms with Gasteiger partial charge in [0.15, 0.2) is 14.3 Å². The maximum atomic E-state index is 12.8. The minimum atomic E-state index is -0.748. The second kappa shape index (κ2) is 9.52. The Bertz CT molecular complexity index is 1030. The van der Waals surface area contributed by atoms with Gasteiger partial charge in [0.1, 0.15) is 5.56 Å². The van der Waals surface area contributed by atoms with Gasteiger partial charge in [0, 0.05) is 6.20 Å². The average molecular weight is 408 g/mol. The number of aromatic nitrogens is 2. The minimum Gasteiger partial charge on any atom is -0.341 e. The Labute approximate surface area is 167 Å². The number of H-pyrrole nitrogens is 1. The molecule has 3 rings (SSSR count). The van der Waals surface area contributed by atoms with E-state index in [0.29, 0.717) is 0 Å². The number of amides is 2. The molecule has 146 valence electrons. The van der Waals surface area contributed by atoms with Gasteiger partial charge >= 0.3 is 0 Å². The topological polar surface area (TPSA) is 121 Å². The van der Waals surface area contributed by atoms with Crippen molar-refractivity contribution in [3.63, 3.8) is 0 Å². The summed E-state index contributed by atoms with van der Waals surface area (Å²) in [7, 11) is -0.268. The van der Waals surface area contributed by atoms with Gasteiger partial charge in [-0.15, -0.1) is 0 Å². The smallest absolute Gasteiger partial charge is 0.287 e. The van der Waals surface area contributed by atoms with Crippen LogP contribution in [0.3, 0.4) is 0 Å². The van der Waals surface area contributed by atoms with Crippen LogP contribution >= 0.6 is 8.46 Å². The van der Waals surface area contributed by atoms with Gasteiger partial charge in [-0.1, -0.05) is 60.7 Å². The predicted octanol–water partition coefficient (Wildman–Crippen LogP) is 2.27. The first kappa shape index (κ1) is 20.1. The summed E-state index contributed by atoms with van der Waals surface area (Å²) in [5.74, 6) is -1.58. The van der Waals surface area contributed by atoms with Crippen LogP contribution in [-0.2, 0) is 4.57 Å². The Morgan fingerprint density at radius 2 is 1.55 bits per heavy atom. The van der Waals surface area contributed by atoms with Crippen molar-refractivity contribution >= 4 is 20.3 Å². The largest absolute Gasteiger partial charge is 0.341 e. The van der Waals surface area contributed by atoms with Crippen molar-refractivity contribution in [2.45, 2.75) is 6.04 Å². The molecule has 0 saturated heterocycles. The van der Waals surface area contributed by atoms with E-state index in [-0.39, 0.29) is 26.1 Å². The van der Waals surface area contributed by atoms with E-state index in [0.717, 1.165) is 17.3 Å². The summed E-state index contributed by atoms with van der Waals surface area (Å²) in [6, 6.07) is 18.2. The van der Waals surface area contributed by atoms with Crippen molar-refractivity contribution in [2.24, 2.45) is 0 Å². The molecule has 0 spiro atoms. The maximum Gasteiger partial charge on any atom is 0.287 e. The highest BCUT2D eigenvalue weighted by Crippen LogP contribution is 2.22. The number of aromatic amines is 1. The van der Waals surface area contributed by atoms with Gasteiger partial charge in [-0.3, -0.25) is 18.9 Å². The van der Waals surface area contributed by atoms with Crippen LogP contribution in [0.5, 0.6) is 0 Å². The Hall–Kier alpha value is -3.64. The summed E-state index contributed by atoms with van der Waals surface area (Å²) in [5.41, 5.74) is 0.732. The summed E-state index contributed by atoms with van der Waals surface area (Å²) in [6.45, 7) is 0. The van der Waals surface area contributed by atoms with E-state index in [2.05, 4.69) is 20.6 Å². The third-order valence-electron chi connectivity index (χ3n) is 4.10. The van der Waals surface area contributed by atoms with Crippen LogP contribution in [0.4, 0.5) is 0 Å². The molecule has 1 aromatic heterocycles. The molecule has 3 N–H and O–H groups in total. The van der Waals surface area contributed by atoms with Crippen LogP contribution in [0.2, 0.25) is 0 Å². The van der Waals surface area contributed by atoms with Crippen molar-refractivity contribution in [3.05, 3.63) is 99.7 Å². The van der Waals surface area contributed by atoms with Crippen molar-refractivity contribution < 1.29 is 14.2 Å². The normalized spacial score (nSPS) is 10.7. The third-order valence-corrected chi connectivity index (χ3v) is 4.39. The highest BCUT2D eigenvalue weighted by atomic mass is 31.1. The van der Waals surface area contributed by atoms with Gasteiger partial charge in [-0.25, -0.2) is 4.98 Å². The molecule has 8 nitrogen and oxygen atoms in total. The second-order valence-corrected chi connectivity index (χ2v) is 6.57. The van der Waals surface area contributed by atoms with Gasteiger partial charge < -0.3 is 15.6 Å². The maximum absolute atomic E-state index is 12.8. The number of nitrogens with zero attached hydrogens (tertiary/aromatic N) is 1. The Kier molecular flexibility index (Phi) is 6.60. The molecule has 0 atom stereocenters. The quantitative estimate of drug-likeness (QED) is 0.518. The van der Waals surface area contributed by atoms with E-state index in [4.69, 9.17) is 0 Å². The van der Waals surface area contributed by atoms with Gasteiger partial charge in [-0.2, -0.15) is 0 Å². The number of carbonyl (C=O) groups excluding carboxylic acids is 2. The van der Waals surface area contributed by atoms with Gasteiger partial charge in [0.2, 0.25) is 0 Å². The molecule has 3 aromatic rings. The van der Waals surface area contributed by atoms with E-state index >= 15 is 0 Å². The first-order valence-corrected chi connectivity index (χ1v) is 9.67. The molecule has 0 saturated carbocycles. The van der Waals surface area contributed by atoms with E-state index in [1.807, 2.05) is 60.7 Å². The summed E-state index contributed by atoms with van der Waals surface area (Å²) in [6.07, 6.45) is 0.936. The molecule has 0 radical (unpaired) electrons. The summed E-state index contributed by atoms with van der Waals surface area (Å²) in [4.78, 5) is 43.0. The predicted molar refractivity (Wildman–Crippen MR) is 107 cm³/mol. The lowest BCUT2D eigenvalue weighted by Gasteiger charge is -2.19. The Morgan fingerprint density at radius 3 is 2.07 bits per heavy atom. The fourth-order valence-electron chi connectivity index (χ4n) is 2.72. The molecule has 9 heteroatoms. The standard InChI is InChI=1S/C20H17N4O4P/c25-18(15-11-21-17(24-19(15)26)20(27)22-12-29-28)23-16(13-7-3-1-4-8-13)14-9-5-2-6-10-14/h1-11,16H,12H2,(H,22,27)(H,23,25)(H,21,24,26). The lowest BCUT2D eigenvalue weighted by Crippen LogP contribution is -2.35. The number of nitrogens with one attached hydrogen (secondary N) is 3.